The van der Waals surface area contributed by atoms with Gasteiger partial charge < -0.3 is 20.7 Å². The van der Waals surface area contributed by atoms with Gasteiger partial charge in [0.05, 0.1) is 11.6 Å². The maximum Gasteiger partial charge on any atom is 0.191 e. The molecule has 24 heavy (non-hydrogen) atoms. The van der Waals surface area contributed by atoms with E-state index >= 15 is 0 Å². The first-order chi connectivity index (χ1) is 11.8. The van der Waals surface area contributed by atoms with Crippen LogP contribution in [-0.4, -0.2) is 50.3 Å². The Bertz CT molecular complexity index is 682. The van der Waals surface area contributed by atoms with E-state index in [1.54, 1.807) is 7.05 Å². The smallest absolute Gasteiger partial charge is 0.191 e. The van der Waals surface area contributed by atoms with Crippen LogP contribution in [0.25, 0.3) is 10.9 Å². The number of anilines is 1. The van der Waals surface area contributed by atoms with Gasteiger partial charge in [-0.05, 0) is 31.0 Å². The number of para-hydroxylation sites is 1. The topological polar surface area (TPSA) is 70.6 Å². The molecule has 3 N–H and O–H groups in total. The van der Waals surface area contributed by atoms with Gasteiger partial charge in [0.1, 0.15) is 5.82 Å². The van der Waals surface area contributed by atoms with Gasteiger partial charge in [0, 0.05) is 38.7 Å². The van der Waals surface area contributed by atoms with Crippen molar-refractivity contribution in [1.29, 1.82) is 0 Å². The molecule has 6 nitrogen and oxygen atoms in total. The number of rotatable bonds is 6. The van der Waals surface area contributed by atoms with Crippen molar-refractivity contribution in [3.8, 4) is 0 Å². The van der Waals surface area contributed by atoms with Gasteiger partial charge in [-0.25, -0.2) is 4.98 Å². The highest BCUT2D eigenvalue weighted by Gasteiger charge is 2.15. The third-order valence-corrected chi connectivity index (χ3v) is 4.07. The number of benzene rings is 1. The molecule has 1 atom stereocenters. The Balaban J connectivity index is 1.40. The van der Waals surface area contributed by atoms with Crippen molar-refractivity contribution in [2.45, 2.75) is 18.9 Å². The third-order valence-electron chi connectivity index (χ3n) is 4.07. The summed E-state index contributed by atoms with van der Waals surface area (Å²) in [5.41, 5.74) is 1.00. The normalized spacial score (nSPS) is 17.9. The van der Waals surface area contributed by atoms with Gasteiger partial charge in [0.2, 0.25) is 0 Å². The second kappa shape index (κ2) is 8.49. The Morgan fingerprint density at radius 2 is 2.12 bits per heavy atom. The molecule has 3 rings (SSSR count). The molecule has 0 aliphatic carbocycles. The molecular formula is C18H25N5O. The number of guanidine groups is 1. The lowest BCUT2D eigenvalue weighted by atomic mass is 10.2. The molecule has 1 aromatic heterocycles. The van der Waals surface area contributed by atoms with Crippen molar-refractivity contribution in [2.24, 2.45) is 4.99 Å². The molecule has 0 bridgehead atoms. The number of nitrogens with zero attached hydrogens (tertiary/aromatic N) is 2. The summed E-state index contributed by atoms with van der Waals surface area (Å²) in [4.78, 5) is 8.83. The summed E-state index contributed by atoms with van der Waals surface area (Å²) in [6.45, 7) is 3.21. The van der Waals surface area contributed by atoms with Gasteiger partial charge in [-0.1, -0.05) is 18.2 Å². The summed E-state index contributed by atoms with van der Waals surface area (Å²) in [7, 11) is 1.78. The van der Waals surface area contributed by atoms with Crippen LogP contribution in [-0.2, 0) is 4.74 Å². The predicted molar refractivity (Wildman–Crippen MR) is 98.6 cm³/mol. The van der Waals surface area contributed by atoms with Crippen molar-refractivity contribution in [1.82, 2.24) is 15.6 Å². The zero-order valence-electron chi connectivity index (χ0n) is 14.1. The summed E-state index contributed by atoms with van der Waals surface area (Å²) < 4.78 is 5.60. The lowest BCUT2D eigenvalue weighted by Crippen LogP contribution is -2.42. The molecule has 1 unspecified atom stereocenters. The SMILES string of the molecule is CN=C(NCCNc1ccc2ccccc2n1)NCC1CCCO1. The molecule has 2 aromatic rings. The van der Waals surface area contributed by atoms with Crippen LogP contribution in [0.2, 0.25) is 0 Å². The molecular weight excluding hydrogens is 302 g/mol. The van der Waals surface area contributed by atoms with Crippen LogP contribution in [0.3, 0.4) is 0 Å². The average Bonchev–Trinajstić information content (AvgIpc) is 3.14. The van der Waals surface area contributed by atoms with E-state index in [9.17, 15) is 0 Å². The maximum absolute atomic E-state index is 5.60. The second-order valence-electron chi connectivity index (χ2n) is 5.83. The number of aliphatic imine (C=N–C) groups is 1. The summed E-state index contributed by atoms with van der Waals surface area (Å²) >= 11 is 0. The standard InChI is InChI=1S/C18H25N5O/c1-19-18(22-13-15-6-4-12-24-15)21-11-10-20-17-9-8-14-5-2-3-7-16(14)23-17/h2-3,5,7-9,15H,4,6,10-13H2,1H3,(H,20,23)(H2,19,21,22). The quantitative estimate of drug-likeness (QED) is 0.430. The molecule has 1 aromatic carbocycles. The Morgan fingerprint density at radius 1 is 1.21 bits per heavy atom. The van der Waals surface area contributed by atoms with E-state index in [0.29, 0.717) is 6.10 Å². The molecule has 1 aliphatic heterocycles. The first kappa shape index (κ1) is 16.5. The summed E-state index contributed by atoms with van der Waals surface area (Å²) in [6.07, 6.45) is 2.59. The van der Waals surface area contributed by atoms with Gasteiger partial charge in [0.25, 0.3) is 0 Å². The Hall–Kier alpha value is -2.34. The highest BCUT2D eigenvalue weighted by molar-refractivity contribution is 5.80. The summed E-state index contributed by atoms with van der Waals surface area (Å²) in [6, 6.07) is 12.2. The number of fused-ring (bicyclic) bond motifs is 1. The second-order valence-corrected chi connectivity index (χ2v) is 5.83. The Morgan fingerprint density at radius 3 is 2.96 bits per heavy atom. The molecule has 0 spiro atoms. The zero-order chi connectivity index (χ0) is 16.6. The van der Waals surface area contributed by atoms with Crippen molar-refractivity contribution in [3.63, 3.8) is 0 Å². The molecule has 0 amide bonds. The minimum atomic E-state index is 0.309. The van der Waals surface area contributed by atoms with Gasteiger partial charge in [0.15, 0.2) is 5.96 Å². The number of hydrogen-bond donors (Lipinski definition) is 3. The van der Waals surface area contributed by atoms with Crippen LogP contribution in [0.1, 0.15) is 12.8 Å². The van der Waals surface area contributed by atoms with Crippen molar-refractivity contribution in [3.05, 3.63) is 36.4 Å². The molecule has 6 heteroatoms. The summed E-state index contributed by atoms with van der Waals surface area (Å²) in [5, 5.41) is 11.1. The van der Waals surface area contributed by atoms with Crippen LogP contribution in [0.15, 0.2) is 41.4 Å². The van der Waals surface area contributed by atoms with E-state index in [0.717, 1.165) is 61.8 Å². The van der Waals surface area contributed by atoms with E-state index in [1.165, 1.54) is 0 Å². The minimum Gasteiger partial charge on any atom is -0.376 e. The largest absolute Gasteiger partial charge is 0.376 e. The molecule has 1 aliphatic rings. The number of hydrogen-bond acceptors (Lipinski definition) is 4. The molecule has 0 saturated carbocycles. The lowest BCUT2D eigenvalue weighted by Gasteiger charge is -2.15. The molecule has 1 saturated heterocycles. The van der Waals surface area contributed by atoms with Crippen molar-refractivity contribution >= 4 is 22.7 Å². The highest BCUT2D eigenvalue weighted by atomic mass is 16.5. The first-order valence-corrected chi connectivity index (χ1v) is 8.51. The van der Waals surface area contributed by atoms with E-state index in [-0.39, 0.29) is 0 Å². The van der Waals surface area contributed by atoms with E-state index in [2.05, 4.69) is 38.1 Å². The Kier molecular flexibility index (Phi) is 5.85. The fraction of sp³-hybridized carbons (Fsp3) is 0.444. The van der Waals surface area contributed by atoms with E-state index < -0.39 is 0 Å². The summed E-state index contributed by atoms with van der Waals surface area (Å²) in [5.74, 6) is 1.69. The van der Waals surface area contributed by atoms with Gasteiger partial charge >= 0.3 is 0 Å². The fourth-order valence-corrected chi connectivity index (χ4v) is 2.77. The van der Waals surface area contributed by atoms with Crippen LogP contribution < -0.4 is 16.0 Å². The zero-order valence-corrected chi connectivity index (χ0v) is 14.1. The van der Waals surface area contributed by atoms with Crippen LogP contribution in [0, 0.1) is 0 Å². The number of nitrogens with one attached hydrogen (secondary N) is 3. The van der Waals surface area contributed by atoms with Gasteiger partial charge in [-0.2, -0.15) is 0 Å². The minimum absolute atomic E-state index is 0.309. The van der Waals surface area contributed by atoms with Crippen molar-refractivity contribution in [2.75, 3.05) is 38.6 Å². The fourth-order valence-electron chi connectivity index (χ4n) is 2.77. The maximum atomic E-state index is 5.60. The predicted octanol–water partition coefficient (Wildman–Crippen LogP) is 1.99. The Labute approximate surface area is 142 Å². The van der Waals surface area contributed by atoms with E-state index in [4.69, 9.17) is 4.74 Å². The van der Waals surface area contributed by atoms with Gasteiger partial charge in [-0.3, -0.25) is 4.99 Å². The lowest BCUT2D eigenvalue weighted by molar-refractivity contribution is 0.114. The van der Waals surface area contributed by atoms with Crippen LogP contribution in [0.4, 0.5) is 5.82 Å². The van der Waals surface area contributed by atoms with Crippen LogP contribution >= 0.6 is 0 Å². The number of pyridine rings is 1. The van der Waals surface area contributed by atoms with E-state index in [1.807, 2.05) is 24.3 Å². The molecule has 0 radical (unpaired) electrons. The van der Waals surface area contributed by atoms with Gasteiger partial charge in [-0.15, -0.1) is 0 Å². The average molecular weight is 327 g/mol. The molecule has 1 fully saturated rings. The molecule has 128 valence electrons. The highest BCUT2D eigenvalue weighted by Crippen LogP contribution is 2.14. The molecule has 2 heterocycles. The first-order valence-electron chi connectivity index (χ1n) is 8.51. The number of ether oxygens (including phenoxy) is 1. The number of aromatic nitrogens is 1. The third kappa shape index (κ3) is 4.58. The van der Waals surface area contributed by atoms with Crippen LogP contribution in [0.5, 0.6) is 0 Å². The monoisotopic (exact) mass is 327 g/mol. The van der Waals surface area contributed by atoms with Crippen molar-refractivity contribution < 1.29 is 4.74 Å².